The number of ether oxygens (including phenoxy) is 2. The molecule has 0 unspecified atom stereocenters. The van der Waals surface area contributed by atoms with Gasteiger partial charge in [0.1, 0.15) is 17.3 Å². The Balaban J connectivity index is 1.50. The molecule has 4 rings (SSSR count). The molecule has 1 saturated carbocycles. The molecular weight excluding hydrogens is 403 g/mol. The van der Waals surface area contributed by atoms with Crippen molar-refractivity contribution < 1.29 is 18.7 Å². The van der Waals surface area contributed by atoms with Gasteiger partial charge in [-0.3, -0.25) is 9.69 Å². The molecule has 30 heavy (non-hydrogen) atoms. The predicted molar refractivity (Wildman–Crippen MR) is 116 cm³/mol. The number of benzene rings is 2. The Kier molecular flexibility index (Phi) is 6.49. The molecule has 1 heterocycles. The molecule has 0 aromatic heterocycles. The molecule has 2 aliphatic rings. The summed E-state index contributed by atoms with van der Waals surface area (Å²) in [7, 11) is 3.27. The number of carbonyl (C=O) groups excluding carboxylic acids is 1. The van der Waals surface area contributed by atoms with Gasteiger partial charge in [0, 0.05) is 35.3 Å². The number of hydrogen-bond acceptors (Lipinski definition) is 5. The van der Waals surface area contributed by atoms with Crippen LogP contribution < -0.4 is 14.8 Å². The van der Waals surface area contributed by atoms with E-state index < -0.39 is 0 Å². The molecule has 2 aromatic carbocycles. The number of rotatable bonds is 8. The maximum absolute atomic E-state index is 13.2. The van der Waals surface area contributed by atoms with Gasteiger partial charge in [-0.2, -0.15) is 0 Å². The SMILES string of the molecule is COc1cc(CN2C[C@H](Sc3ccc(F)cc3)C[C@H]2C(=O)NC2CC2)cc(OC)c1. The van der Waals surface area contributed by atoms with Gasteiger partial charge in [-0.25, -0.2) is 4.39 Å². The van der Waals surface area contributed by atoms with Crippen molar-refractivity contribution in [3.63, 3.8) is 0 Å². The van der Waals surface area contributed by atoms with Crippen LogP contribution in [0.3, 0.4) is 0 Å². The van der Waals surface area contributed by atoms with Crippen LogP contribution in [-0.4, -0.2) is 48.9 Å². The molecule has 2 atom stereocenters. The third kappa shape index (κ3) is 5.26. The lowest BCUT2D eigenvalue weighted by Gasteiger charge is -2.24. The van der Waals surface area contributed by atoms with Crippen molar-refractivity contribution in [2.75, 3.05) is 20.8 Å². The maximum atomic E-state index is 13.2. The average molecular weight is 431 g/mol. The van der Waals surface area contributed by atoms with Crippen LogP contribution in [0, 0.1) is 5.82 Å². The second kappa shape index (κ2) is 9.27. The van der Waals surface area contributed by atoms with Crippen LogP contribution in [0.25, 0.3) is 0 Å². The first-order chi connectivity index (χ1) is 14.5. The molecule has 1 amide bonds. The van der Waals surface area contributed by atoms with Crippen LogP contribution in [0.1, 0.15) is 24.8 Å². The van der Waals surface area contributed by atoms with Crippen molar-refractivity contribution in [1.29, 1.82) is 0 Å². The summed E-state index contributed by atoms with van der Waals surface area (Å²) in [6.07, 6.45) is 2.90. The van der Waals surface area contributed by atoms with E-state index in [0.29, 0.717) is 12.6 Å². The molecule has 160 valence electrons. The standard InChI is InChI=1S/C23H27FN2O3S/c1-28-18-9-15(10-19(11-18)29-2)13-26-14-21(30-20-7-3-16(24)4-8-20)12-22(26)23(27)25-17-5-6-17/h3-4,7-11,17,21-22H,5-6,12-14H2,1-2H3,(H,25,27)/t21-,22+/m1/s1. The number of nitrogens with one attached hydrogen (secondary N) is 1. The topological polar surface area (TPSA) is 50.8 Å². The predicted octanol–water partition coefficient (Wildman–Crippen LogP) is 3.86. The molecule has 0 radical (unpaired) electrons. The highest BCUT2D eigenvalue weighted by molar-refractivity contribution is 8.00. The lowest BCUT2D eigenvalue weighted by Crippen LogP contribution is -2.43. The Morgan fingerprint density at radius 3 is 2.40 bits per heavy atom. The van der Waals surface area contributed by atoms with Crippen LogP contribution in [0.4, 0.5) is 4.39 Å². The first-order valence-electron chi connectivity index (χ1n) is 10.2. The Bertz CT molecular complexity index is 866. The summed E-state index contributed by atoms with van der Waals surface area (Å²) >= 11 is 1.71. The lowest BCUT2D eigenvalue weighted by atomic mass is 10.1. The second-order valence-electron chi connectivity index (χ2n) is 7.88. The van der Waals surface area contributed by atoms with E-state index in [9.17, 15) is 9.18 Å². The quantitative estimate of drug-likeness (QED) is 0.689. The zero-order valence-corrected chi connectivity index (χ0v) is 18.1. The van der Waals surface area contributed by atoms with Gasteiger partial charge in [-0.15, -0.1) is 11.8 Å². The number of methoxy groups -OCH3 is 2. The summed E-state index contributed by atoms with van der Waals surface area (Å²) in [5, 5.41) is 3.42. The minimum atomic E-state index is -0.235. The van der Waals surface area contributed by atoms with Gasteiger partial charge in [0.25, 0.3) is 0 Å². The minimum Gasteiger partial charge on any atom is -0.497 e. The normalized spacial score (nSPS) is 21.4. The highest BCUT2D eigenvalue weighted by Crippen LogP contribution is 2.35. The van der Waals surface area contributed by atoms with Crippen molar-refractivity contribution in [2.24, 2.45) is 0 Å². The van der Waals surface area contributed by atoms with Crippen LogP contribution in [-0.2, 0) is 11.3 Å². The third-order valence-corrected chi connectivity index (χ3v) is 6.72. The molecule has 5 nitrogen and oxygen atoms in total. The highest BCUT2D eigenvalue weighted by Gasteiger charge is 2.39. The highest BCUT2D eigenvalue weighted by atomic mass is 32.2. The second-order valence-corrected chi connectivity index (χ2v) is 9.25. The number of hydrogen-bond donors (Lipinski definition) is 1. The molecule has 0 bridgehead atoms. The van der Waals surface area contributed by atoms with Gasteiger partial charge >= 0.3 is 0 Å². The molecule has 1 aliphatic heterocycles. The van der Waals surface area contributed by atoms with Crippen molar-refractivity contribution in [1.82, 2.24) is 10.2 Å². The van der Waals surface area contributed by atoms with E-state index in [2.05, 4.69) is 10.2 Å². The molecule has 2 aromatic rings. The van der Waals surface area contributed by atoms with E-state index in [1.165, 1.54) is 12.1 Å². The molecule has 2 fully saturated rings. The first-order valence-corrected chi connectivity index (χ1v) is 11.1. The van der Waals surface area contributed by atoms with Crippen LogP contribution in [0.5, 0.6) is 11.5 Å². The van der Waals surface area contributed by atoms with E-state index in [1.54, 1.807) is 38.1 Å². The van der Waals surface area contributed by atoms with Crippen LogP contribution >= 0.6 is 11.8 Å². The molecule has 1 aliphatic carbocycles. The van der Waals surface area contributed by atoms with E-state index in [0.717, 1.165) is 47.8 Å². The Hall–Kier alpha value is -2.25. The smallest absolute Gasteiger partial charge is 0.237 e. The largest absolute Gasteiger partial charge is 0.497 e. The van der Waals surface area contributed by atoms with Crippen molar-refractivity contribution in [2.45, 2.75) is 48.0 Å². The van der Waals surface area contributed by atoms with Gasteiger partial charge in [-0.05, 0) is 61.2 Å². The fourth-order valence-corrected chi connectivity index (χ4v) is 5.04. The number of halogens is 1. The fraction of sp³-hybridized carbons (Fsp3) is 0.435. The summed E-state index contributed by atoms with van der Waals surface area (Å²) in [4.78, 5) is 16.2. The van der Waals surface area contributed by atoms with Crippen molar-refractivity contribution in [3.8, 4) is 11.5 Å². The van der Waals surface area contributed by atoms with E-state index in [4.69, 9.17) is 9.47 Å². The molecule has 1 saturated heterocycles. The minimum absolute atomic E-state index is 0.106. The summed E-state index contributed by atoms with van der Waals surface area (Å²) in [6, 6.07) is 12.5. The zero-order chi connectivity index (χ0) is 21.1. The van der Waals surface area contributed by atoms with Crippen molar-refractivity contribution >= 4 is 17.7 Å². The molecule has 0 spiro atoms. The number of likely N-dealkylation sites (tertiary alicyclic amines) is 1. The van der Waals surface area contributed by atoms with Crippen LogP contribution in [0.2, 0.25) is 0 Å². The summed E-state index contributed by atoms with van der Waals surface area (Å²) in [6.45, 7) is 1.42. The molecule has 1 N–H and O–H groups in total. The average Bonchev–Trinajstić information content (AvgIpc) is 3.48. The molecular formula is C23H27FN2O3S. The first kappa shape index (κ1) is 21.0. The van der Waals surface area contributed by atoms with Gasteiger partial charge in [0.15, 0.2) is 0 Å². The number of nitrogens with zero attached hydrogens (tertiary/aromatic N) is 1. The number of amides is 1. The Morgan fingerprint density at radius 1 is 1.13 bits per heavy atom. The Morgan fingerprint density at radius 2 is 1.80 bits per heavy atom. The third-order valence-electron chi connectivity index (χ3n) is 5.50. The summed E-state index contributed by atoms with van der Waals surface area (Å²) in [5.41, 5.74) is 1.04. The van der Waals surface area contributed by atoms with Gasteiger partial charge in [-0.1, -0.05) is 0 Å². The number of carbonyl (C=O) groups is 1. The lowest BCUT2D eigenvalue weighted by molar-refractivity contribution is -0.125. The molecule has 7 heteroatoms. The summed E-state index contributed by atoms with van der Waals surface area (Å²) < 4.78 is 24.0. The number of thioether (sulfide) groups is 1. The van der Waals surface area contributed by atoms with E-state index >= 15 is 0 Å². The zero-order valence-electron chi connectivity index (χ0n) is 17.3. The van der Waals surface area contributed by atoms with Gasteiger partial charge in [0.2, 0.25) is 5.91 Å². The van der Waals surface area contributed by atoms with E-state index in [1.807, 2.05) is 18.2 Å². The Labute approximate surface area is 180 Å². The van der Waals surface area contributed by atoms with Gasteiger partial charge < -0.3 is 14.8 Å². The summed E-state index contributed by atoms with van der Waals surface area (Å²) in [5.74, 6) is 1.34. The van der Waals surface area contributed by atoms with Crippen LogP contribution in [0.15, 0.2) is 47.4 Å². The maximum Gasteiger partial charge on any atom is 0.237 e. The fourth-order valence-electron chi connectivity index (χ4n) is 3.82. The van der Waals surface area contributed by atoms with Gasteiger partial charge in [0.05, 0.1) is 20.3 Å². The monoisotopic (exact) mass is 430 g/mol. The van der Waals surface area contributed by atoms with E-state index in [-0.39, 0.29) is 23.0 Å². The van der Waals surface area contributed by atoms with Crippen molar-refractivity contribution in [3.05, 3.63) is 53.8 Å².